The van der Waals surface area contributed by atoms with Gasteiger partial charge in [-0.2, -0.15) is 10.2 Å². The molecule has 2 N–H and O–H groups in total. The molecule has 1 aromatic carbocycles. The van der Waals surface area contributed by atoms with Gasteiger partial charge in [0.15, 0.2) is 5.82 Å². The monoisotopic (exact) mass is 426 g/mol. The molecule has 0 fully saturated rings. The number of para-hydroxylation sites is 1. The number of anilines is 1. The van der Waals surface area contributed by atoms with Gasteiger partial charge in [-0.3, -0.25) is 9.40 Å². The molecule has 0 aliphatic heterocycles. The van der Waals surface area contributed by atoms with Crippen LogP contribution in [0.4, 0.5) is 5.69 Å². The highest BCUT2D eigenvalue weighted by Crippen LogP contribution is 2.27. The summed E-state index contributed by atoms with van der Waals surface area (Å²) in [5.41, 5.74) is 0.781. The molecule has 10 heteroatoms. The lowest BCUT2D eigenvalue weighted by atomic mass is 9.94. The molecular formula is C20H22N6O3S. The fraction of sp³-hybridized carbons (Fsp3) is 0.250. The summed E-state index contributed by atoms with van der Waals surface area (Å²) in [7, 11) is -2.13. The normalized spacial score (nSPS) is 14.0. The summed E-state index contributed by atoms with van der Waals surface area (Å²) in [5, 5.41) is 19.6. The summed E-state index contributed by atoms with van der Waals surface area (Å²) < 4.78 is 31.5. The molecule has 4 rings (SSSR count). The van der Waals surface area contributed by atoms with Gasteiger partial charge in [-0.05, 0) is 37.1 Å². The molecular weight excluding hydrogens is 404 g/mol. The standard InChI is InChI=1S/C20H22N6O3S/c1-4-20(2,27)15-8-9-21-18(10-15)26-13-16(12-23-26)30(28,29)24-17-7-5-6-14-11-22-25(3)19(14)17/h5-13,24,27H,4H2,1-3H3/t20-/m1/s1. The Morgan fingerprint density at radius 3 is 2.77 bits per heavy atom. The van der Waals surface area contributed by atoms with E-state index in [1.54, 1.807) is 55.3 Å². The van der Waals surface area contributed by atoms with Crippen LogP contribution in [0.5, 0.6) is 0 Å². The van der Waals surface area contributed by atoms with Crippen LogP contribution in [0.1, 0.15) is 25.8 Å². The highest BCUT2D eigenvalue weighted by molar-refractivity contribution is 7.92. The Bertz CT molecular complexity index is 1320. The number of aryl methyl sites for hydroxylation is 1. The third-order valence-corrected chi connectivity index (χ3v) is 6.49. The van der Waals surface area contributed by atoms with Crippen molar-refractivity contribution in [3.05, 3.63) is 60.7 Å². The van der Waals surface area contributed by atoms with Crippen LogP contribution < -0.4 is 4.72 Å². The van der Waals surface area contributed by atoms with Crippen molar-refractivity contribution in [1.82, 2.24) is 24.5 Å². The number of pyridine rings is 1. The predicted molar refractivity (Wildman–Crippen MR) is 113 cm³/mol. The lowest BCUT2D eigenvalue weighted by Gasteiger charge is -2.22. The molecule has 0 saturated heterocycles. The molecule has 1 atom stereocenters. The van der Waals surface area contributed by atoms with Crippen molar-refractivity contribution in [2.24, 2.45) is 7.05 Å². The summed E-state index contributed by atoms with van der Waals surface area (Å²) in [5.74, 6) is 0.413. The van der Waals surface area contributed by atoms with E-state index in [2.05, 4.69) is 19.9 Å². The van der Waals surface area contributed by atoms with Gasteiger partial charge in [0, 0.05) is 18.6 Å². The van der Waals surface area contributed by atoms with Crippen LogP contribution in [0.2, 0.25) is 0 Å². The smallest absolute Gasteiger partial charge is 0.265 e. The van der Waals surface area contributed by atoms with Gasteiger partial charge >= 0.3 is 0 Å². The number of fused-ring (bicyclic) bond motifs is 1. The number of aromatic nitrogens is 5. The SMILES string of the molecule is CC[C@@](C)(O)c1ccnc(-n2cc(S(=O)(=O)Nc3cccc4cnn(C)c34)cn2)c1. The van der Waals surface area contributed by atoms with Gasteiger partial charge in [0.2, 0.25) is 0 Å². The highest BCUT2D eigenvalue weighted by Gasteiger charge is 2.23. The Hall–Kier alpha value is -3.24. The van der Waals surface area contributed by atoms with Gasteiger partial charge in [-0.15, -0.1) is 0 Å². The summed E-state index contributed by atoms with van der Waals surface area (Å²) >= 11 is 0. The lowest BCUT2D eigenvalue weighted by Crippen LogP contribution is -2.20. The van der Waals surface area contributed by atoms with Crippen LogP contribution in [0.15, 0.2) is 60.0 Å². The Kier molecular flexibility index (Phi) is 4.83. The molecule has 30 heavy (non-hydrogen) atoms. The largest absolute Gasteiger partial charge is 0.385 e. The highest BCUT2D eigenvalue weighted by atomic mass is 32.2. The van der Waals surface area contributed by atoms with Crippen LogP contribution in [0.3, 0.4) is 0 Å². The van der Waals surface area contributed by atoms with Crippen molar-refractivity contribution in [2.75, 3.05) is 4.72 Å². The Morgan fingerprint density at radius 1 is 1.20 bits per heavy atom. The first-order valence-corrected chi connectivity index (χ1v) is 10.9. The maximum Gasteiger partial charge on any atom is 0.265 e. The number of rotatable bonds is 6. The minimum atomic E-state index is -3.88. The average molecular weight is 427 g/mol. The van der Waals surface area contributed by atoms with E-state index in [1.807, 2.05) is 13.0 Å². The number of hydrogen-bond donors (Lipinski definition) is 2. The molecule has 9 nitrogen and oxygen atoms in total. The molecule has 0 aliphatic carbocycles. The first kappa shape index (κ1) is 20.0. The zero-order valence-electron chi connectivity index (χ0n) is 16.8. The van der Waals surface area contributed by atoms with E-state index >= 15 is 0 Å². The summed E-state index contributed by atoms with van der Waals surface area (Å²) in [6.07, 6.45) is 6.41. The van der Waals surface area contributed by atoms with E-state index in [-0.39, 0.29) is 4.90 Å². The van der Waals surface area contributed by atoms with Crippen molar-refractivity contribution in [2.45, 2.75) is 30.8 Å². The lowest BCUT2D eigenvalue weighted by molar-refractivity contribution is 0.0530. The molecule has 0 bridgehead atoms. The fourth-order valence-electron chi connectivity index (χ4n) is 3.17. The van der Waals surface area contributed by atoms with Gasteiger partial charge in [-0.25, -0.2) is 18.1 Å². The van der Waals surface area contributed by atoms with Gasteiger partial charge in [-0.1, -0.05) is 19.1 Å². The van der Waals surface area contributed by atoms with Crippen LogP contribution in [-0.4, -0.2) is 38.1 Å². The van der Waals surface area contributed by atoms with E-state index in [0.29, 0.717) is 29.0 Å². The molecule has 0 saturated carbocycles. The zero-order valence-corrected chi connectivity index (χ0v) is 17.6. The van der Waals surface area contributed by atoms with E-state index in [9.17, 15) is 13.5 Å². The van der Waals surface area contributed by atoms with E-state index in [0.717, 1.165) is 5.39 Å². The number of aliphatic hydroxyl groups is 1. The zero-order chi connectivity index (χ0) is 21.5. The Morgan fingerprint density at radius 2 is 2.00 bits per heavy atom. The molecule has 0 radical (unpaired) electrons. The van der Waals surface area contributed by atoms with Crippen LogP contribution in [0, 0.1) is 0 Å². The molecule has 0 spiro atoms. The summed E-state index contributed by atoms with van der Waals surface area (Å²) in [4.78, 5) is 4.24. The summed E-state index contributed by atoms with van der Waals surface area (Å²) in [6, 6.07) is 8.73. The van der Waals surface area contributed by atoms with E-state index in [4.69, 9.17) is 0 Å². The van der Waals surface area contributed by atoms with Crippen molar-refractivity contribution in [3.63, 3.8) is 0 Å². The average Bonchev–Trinajstić information content (AvgIpc) is 3.36. The number of benzene rings is 1. The molecule has 156 valence electrons. The number of nitrogens with zero attached hydrogens (tertiary/aromatic N) is 5. The minimum Gasteiger partial charge on any atom is -0.385 e. The number of nitrogens with one attached hydrogen (secondary N) is 1. The second-order valence-corrected chi connectivity index (χ2v) is 8.95. The molecule has 4 aromatic rings. The summed E-state index contributed by atoms with van der Waals surface area (Å²) in [6.45, 7) is 3.60. The van der Waals surface area contributed by atoms with Crippen LogP contribution >= 0.6 is 0 Å². The molecule has 0 unspecified atom stereocenters. The Labute approximate surface area is 174 Å². The predicted octanol–water partition coefficient (Wildman–Crippen LogP) is 2.57. The first-order valence-electron chi connectivity index (χ1n) is 9.39. The maximum absolute atomic E-state index is 12.9. The molecule has 3 aromatic heterocycles. The molecule has 0 amide bonds. The van der Waals surface area contributed by atoms with E-state index in [1.165, 1.54) is 17.1 Å². The number of sulfonamides is 1. The second kappa shape index (κ2) is 7.22. The quantitative estimate of drug-likeness (QED) is 0.490. The van der Waals surface area contributed by atoms with Gasteiger partial charge in [0.1, 0.15) is 4.90 Å². The Balaban J connectivity index is 1.67. The van der Waals surface area contributed by atoms with Gasteiger partial charge in [0.25, 0.3) is 10.0 Å². The van der Waals surface area contributed by atoms with Crippen molar-refractivity contribution in [3.8, 4) is 5.82 Å². The minimum absolute atomic E-state index is 0.00359. The third kappa shape index (κ3) is 3.55. The first-order chi connectivity index (χ1) is 14.2. The van der Waals surface area contributed by atoms with Crippen molar-refractivity contribution in [1.29, 1.82) is 0 Å². The van der Waals surface area contributed by atoms with Crippen LogP contribution in [0.25, 0.3) is 16.7 Å². The van der Waals surface area contributed by atoms with Crippen LogP contribution in [-0.2, 0) is 22.7 Å². The third-order valence-electron chi connectivity index (χ3n) is 5.16. The second-order valence-electron chi connectivity index (χ2n) is 7.27. The molecule has 3 heterocycles. The maximum atomic E-state index is 12.9. The van der Waals surface area contributed by atoms with Crippen molar-refractivity contribution < 1.29 is 13.5 Å². The number of hydrogen-bond acceptors (Lipinski definition) is 6. The molecule has 0 aliphatic rings. The fourth-order valence-corrected chi connectivity index (χ4v) is 4.17. The van der Waals surface area contributed by atoms with Gasteiger partial charge < -0.3 is 5.11 Å². The van der Waals surface area contributed by atoms with E-state index < -0.39 is 15.6 Å². The topological polar surface area (TPSA) is 115 Å². The van der Waals surface area contributed by atoms with Crippen molar-refractivity contribution >= 4 is 26.6 Å². The van der Waals surface area contributed by atoms with Gasteiger partial charge in [0.05, 0.1) is 35.4 Å².